The van der Waals surface area contributed by atoms with Crippen LogP contribution in [-0.2, 0) is 4.43 Å². The third-order valence-electron chi connectivity index (χ3n) is 2.26. The van der Waals surface area contributed by atoms with E-state index in [1.165, 1.54) is 12.8 Å². The van der Waals surface area contributed by atoms with Gasteiger partial charge in [0, 0.05) is 12.5 Å². The van der Waals surface area contributed by atoms with Crippen molar-refractivity contribution in [3.05, 3.63) is 0 Å². The van der Waals surface area contributed by atoms with Gasteiger partial charge in [-0.3, -0.25) is 0 Å². The van der Waals surface area contributed by atoms with Crippen LogP contribution in [0.4, 0.5) is 0 Å². The van der Waals surface area contributed by atoms with Gasteiger partial charge in [0.05, 0.1) is 0 Å². The van der Waals surface area contributed by atoms with Crippen LogP contribution in [0.15, 0.2) is 0 Å². The molecule has 3 heteroatoms. The number of halogens is 1. The largest absolute Gasteiger partial charge is 0.427 e. The molecule has 1 unspecified atom stereocenters. The highest BCUT2D eigenvalue weighted by Crippen LogP contribution is 2.27. The molecule has 0 N–H and O–H groups in total. The Balaban J connectivity index is 3.68. The third kappa shape index (κ3) is 4.83. The smallest absolute Gasteiger partial charge is 0.145 e. The lowest BCUT2D eigenvalue weighted by Gasteiger charge is -2.27. The van der Waals surface area contributed by atoms with Crippen LogP contribution in [0.25, 0.3) is 0 Å². The molecular weight excluding hydrogens is 176 g/mol. The summed E-state index contributed by atoms with van der Waals surface area (Å²) in [6.45, 7) is 5.40. The van der Waals surface area contributed by atoms with Crippen LogP contribution >= 0.6 is 11.6 Å². The highest BCUT2D eigenvalue weighted by atomic mass is 35.5. The van der Waals surface area contributed by atoms with Crippen molar-refractivity contribution in [2.45, 2.75) is 33.1 Å². The molecule has 0 bridgehead atoms. The van der Waals surface area contributed by atoms with Gasteiger partial charge < -0.3 is 4.43 Å². The van der Waals surface area contributed by atoms with E-state index in [-0.39, 0.29) is 0 Å². The molecule has 68 valence electrons. The van der Waals surface area contributed by atoms with E-state index in [9.17, 15) is 0 Å². The van der Waals surface area contributed by atoms with Gasteiger partial charge in [0.2, 0.25) is 0 Å². The normalized spacial score (nSPS) is 16.6. The lowest BCUT2D eigenvalue weighted by Crippen LogP contribution is -2.22. The monoisotopic (exact) mass is 194 g/mol. The Morgan fingerprint density at radius 2 is 2.18 bits per heavy atom. The van der Waals surface area contributed by atoms with E-state index in [2.05, 4.69) is 13.8 Å². The molecule has 0 spiro atoms. The Morgan fingerprint density at radius 1 is 1.55 bits per heavy atom. The van der Waals surface area contributed by atoms with Crippen LogP contribution in [0.2, 0.25) is 0 Å². The van der Waals surface area contributed by atoms with Gasteiger partial charge in [-0.1, -0.05) is 13.8 Å². The van der Waals surface area contributed by atoms with Crippen LogP contribution in [-0.4, -0.2) is 23.0 Å². The van der Waals surface area contributed by atoms with Gasteiger partial charge in [-0.15, -0.1) is 11.6 Å². The van der Waals surface area contributed by atoms with E-state index in [1.54, 1.807) is 0 Å². The molecule has 0 saturated carbocycles. The molecule has 0 fully saturated rings. The molecule has 0 aromatic carbocycles. The van der Waals surface area contributed by atoms with E-state index in [4.69, 9.17) is 16.0 Å². The zero-order valence-corrected chi connectivity index (χ0v) is 10.6. The van der Waals surface area contributed by atoms with Gasteiger partial charge in [0.1, 0.15) is 10.5 Å². The van der Waals surface area contributed by atoms with E-state index >= 15 is 0 Å². The van der Waals surface area contributed by atoms with Crippen molar-refractivity contribution >= 4 is 22.1 Å². The number of hydrogen-bond donors (Lipinski definition) is 0. The van der Waals surface area contributed by atoms with Crippen molar-refractivity contribution in [1.29, 1.82) is 0 Å². The first-order chi connectivity index (χ1) is 5.18. The second-order valence-corrected chi connectivity index (χ2v) is 4.35. The first-order valence-electron chi connectivity index (χ1n) is 4.23. The molecule has 0 aliphatic carbocycles. The minimum Gasteiger partial charge on any atom is -0.427 e. The van der Waals surface area contributed by atoms with Crippen molar-refractivity contribution in [2.24, 2.45) is 5.41 Å². The summed E-state index contributed by atoms with van der Waals surface area (Å²) >= 11 is 5.63. The Hall–Kier alpha value is 0.467. The summed E-state index contributed by atoms with van der Waals surface area (Å²) in [6.07, 6.45) is 3.48. The summed E-state index contributed by atoms with van der Waals surface area (Å²) in [5, 5.41) is 0. The highest BCUT2D eigenvalue weighted by Gasteiger charge is 2.20. The first-order valence-corrected chi connectivity index (χ1v) is 5.58. The fraction of sp³-hybridized carbons (Fsp3) is 1.00. The fourth-order valence-corrected chi connectivity index (χ4v) is 2.02. The van der Waals surface area contributed by atoms with Crippen LogP contribution in [0, 0.1) is 5.41 Å². The lowest BCUT2D eigenvalue weighted by atomic mass is 9.84. The molecule has 11 heavy (non-hydrogen) atoms. The van der Waals surface area contributed by atoms with Crippen LogP contribution in [0.1, 0.15) is 33.1 Å². The summed E-state index contributed by atoms with van der Waals surface area (Å²) < 4.78 is 5.29. The number of alkyl halides is 1. The minimum atomic E-state index is 0.372. The fourth-order valence-electron chi connectivity index (χ4n) is 1.19. The summed E-state index contributed by atoms with van der Waals surface area (Å²) in [5.41, 5.74) is 0.372. The molecule has 0 radical (unpaired) electrons. The molecule has 0 saturated heterocycles. The quantitative estimate of drug-likeness (QED) is 0.462. The number of rotatable bonds is 6. The van der Waals surface area contributed by atoms with E-state index in [1.807, 2.05) is 0 Å². The second-order valence-electron chi connectivity index (χ2n) is 3.39. The molecule has 0 heterocycles. The molecule has 0 aromatic rings. The molecule has 0 amide bonds. The van der Waals surface area contributed by atoms with Gasteiger partial charge >= 0.3 is 0 Å². The van der Waals surface area contributed by atoms with Gasteiger partial charge in [-0.25, -0.2) is 0 Å². The summed E-state index contributed by atoms with van der Waals surface area (Å²) in [7, 11) is 0.850. The zero-order valence-electron chi connectivity index (χ0n) is 7.82. The second kappa shape index (κ2) is 6.04. The Labute approximate surface area is 78.0 Å². The SMILES string of the molecule is CCC(C)(CCCCl)CO[SiH3]. The van der Waals surface area contributed by atoms with Gasteiger partial charge in [-0.2, -0.15) is 0 Å². The molecule has 0 rings (SSSR count). The summed E-state index contributed by atoms with van der Waals surface area (Å²) in [5.74, 6) is 0.775. The maximum Gasteiger partial charge on any atom is 0.145 e. The van der Waals surface area contributed by atoms with Crippen molar-refractivity contribution in [1.82, 2.24) is 0 Å². The van der Waals surface area contributed by atoms with Crippen molar-refractivity contribution in [3.8, 4) is 0 Å². The van der Waals surface area contributed by atoms with Crippen LogP contribution in [0.5, 0.6) is 0 Å². The average molecular weight is 195 g/mol. The summed E-state index contributed by atoms with van der Waals surface area (Å²) in [6, 6.07) is 0. The highest BCUT2D eigenvalue weighted by molar-refractivity contribution is 6.17. The maximum absolute atomic E-state index is 5.63. The zero-order chi connectivity index (χ0) is 8.74. The standard InChI is InChI=1S/C8H19ClOSi/c1-3-8(2,7-10-11)5-4-6-9/h3-7H2,1-2,11H3. The van der Waals surface area contributed by atoms with Crippen molar-refractivity contribution in [3.63, 3.8) is 0 Å². The molecule has 1 atom stereocenters. The predicted octanol–water partition coefficient (Wildman–Crippen LogP) is 1.72. The lowest BCUT2D eigenvalue weighted by molar-refractivity contribution is 0.155. The van der Waals surface area contributed by atoms with Crippen LogP contribution in [0.3, 0.4) is 0 Å². The van der Waals surface area contributed by atoms with E-state index < -0.39 is 0 Å². The van der Waals surface area contributed by atoms with Gasteiger partial charge in [0.15, 0.2) is 0 Å². The minimum absolute atomic E-state index is 0.372. The predicted molar refractivity (Wildman–Crippen MR) is 54.2 cm³/mol. The maximum atomic E-state index is 5.63. The van der Waals surface area contributed by atoms with Gasteiger partial charge in [-0.05, 0) is 24.7 Å². The Kier molecular flexibility index (Phi) is 6.29. The van der Waals surface area contributed by atoms with E-state index in [0.29, 0.717) is 5.41 Å². The molecular formula is C8H19ClOSi. The average Bonchev–Trinajstić information content (AvgIpc) is 2.02. The number of hydrogen-bond acceptors (Lipinski definition) is 1. The molecule has 0 aliphatic rings. The van der Waals surface area contributed by atoms with Crippen molar-refractivity contribution in [2.75, 3.05) is 12.5 Å². The van der Waals surface area contributed by atoms with E-state index in [0.717, 1.165) is 29.4 Å². The molecule has 0 aromatic heterocycles. The van der Waals surface area contributed by atoms with Crippen LogP contribution < -0.4 is 0 Å². The topological polar surface area (TPSA) is 9.23 Å². The summed E-state index contributed by atoms with van der Waals surface area (Å²) in [4.78, 5) is 0. The van der Waals surface area contributed by atoms with Crippen molar-refractivity contribution < 1.29 is 4.43 Å². The Morgan fingerprint density at radius 3 is 2.55 bits per heavy atom. The van der Waals surface area contributed by atoms with Gasteiger partial charge in [0.25, 0.3) is 0 Å². The first kappa shape index (κ1) is 11.5. The molecule has 0 aliphatic heterocycles. The third-order valence-corrected chi connectivity index (χ3v) is 2.82. The molecule has 1 nitrogen and oxygen atoms in total. The Bertz CT molecular complexity index is 100.